The number of hydrogen-bond acceptors (Lipinski definition) is 5. The molecule has 1 fully saturated rings. The molecule has 1 atom stereocenters. The third-order valence-electron chi connectivity index (χ3n) is 5.46. The van der Waals surface area contributed by atoms with Crippen molar-refractivity contribution >= 4 is 40.3 Å². The Morgan fingerprint density at radius 3 is 2.60 bits per heavy atom. The Morgan fingerprint density at radius 1 is 1.23 bits per heavy atom. The topological polar surface area (TPSA) is 87.5 Å². The molecule has 1 aliphatic heterocycles. The summed E-state index contributed by atoms with van der Waals surface area (Å²) < 4.78 is 0. The van der Waals surface area contributed by atoms with E-state index < -0.39 is 10.8 Å². The molecule has 1 aliphatic rings. The van der Waals surface area contributed by atoms with E-state index in [1.54, 1.807) is 12.1 Å². The van der Waals surface area contributed by atoms with E-state index in [4.69, 9.17) is 12.2 Å². The minimum Gasteiger partial charge on any atom is -0.366 e. The zero-order chi connectivity index (χ0) is 21.7. The fraction of sp³-hybridized carbons (Fsp3) is 0.364. The summed E-state index contributed by atoms with van der Waals surface area (Å²) in [5.74, 6) is -0.141. The summed E-state index contributed by atoms with van der Waals surface area (Å²) in [7, 11) is 0. The summed E-state index contributed by atoms with van der Waals surface area (Å²) in [4.78, 5) is 25.8. The molecule has 0 radical (unpaired) electrons. The average Bonchev–Trinajstić information content (AvgIpc) is 3.27. The average molecular weight is 427 g/mol. The normalized spacial score (nSPS) is 14.3. The van der Waals surface area contributed by atoms with Crippen molar-refractivity contribution < 1.29 is 9.72 Å². The van der Waals surface area contributed by atoms with Gasteiger partial charge in [0.15, 0.2) is 5.11 Å². The number of para-hydroxylation sites is 1. The van der Waals surface area contributed by atoms with Gasteiger partial charge in [0.1, 0.15) is 5.69 Å². The van der Waals surface area contributed by atoms with E-state index in [2.05, 4.69) is 24.5 Å². The molecule has 158 valence electrons. The number of carbonyl (C=O) groups is 1. The highest BCUT2D eigenvalue weighted by molar-refractivity contribution is 7.80. The first-order valence-electron chi connectivity index (χ1n) is 10.1. The third kappa shape index (κ3) is 4.94. The smallest absolute Gasteiger partial charge is 0.293 e. The minimum absolute atomic E-state index is 0.0643. The van der Waals surface area contributed by atoms with Gasteiger partial charge in [0.05, 0.1) is 4.92 Å². The summed E-state index contributed by atoms with van der Waals surface area (Å²) in [5, 5.41) is 17.4. The maximum absolute atomic E-state index is 12.7. The molecule has 1 saturated heterocycles. The molecule has 3 rings (SSSR count). The van der Waals surface area contributed by atoms with Crippen LogP contribution in [0.25, 0.3) is 0 Å². The molecule has 8 heteroatoms. The molecule has 0 spiro atoms. The number of carbonyl (C=O) groups excluding carboxylic acids is 1. The summed E-state index contributed by atoms with van der Waals surface area (Å²) in [5.41, 5.74) is 2.64. The van der Waals surface area contributed by atoms with Gasteiger partial charge in [-0.05, 0) is 61.2 Å². The number of amides is 1. The Balaban J connectivity index is 1.74. The van der Waals surface area contributed by atoms with Crippen LogP contribution in [0.3, 0.4) is 0 Å². The van der Waals surface area contributed by atoms with Crippen molar-refractivity contribution in [2.45, 2.75) is 39.0 Å². The Hall–Kier alpha value is -3.00. The summed E-state index contributed by atoms with van der Waals surface area (Å²) in [6.45, 7) is 5.81. The molecule has 2 aromatic carbocycles. The molecule has 0 saturated carbocycles. The largest absolute Gasteiger partial charge is 0.366 e. The van der Waals surface area contributed by atoms with Crippen LogP contribution in [0, 0.1) is 10.1 Å². The van der Waals surface area contributed by atoms with E-state index in [9.17, 15) is 14.9 Å². The highest BCUT2D eigenvalue weighted by Gasteiger charge is 2.24. The second-order valence-electron chi connectivity index (χ2n) is 7.46. The second kappa shape index (κ2) is 9.67. The Bertz CT molecular complexity index is 957. The monoisotopic (exact) mass is 426 g/mol. The van der Waals surface area contributed by atoms with Crippen molar-refractivity contribution in [3.8, 4) is 0 Å². The van der Waals surface area contributed by atoms with Crippen LogP contribution in [0.15, 0.2) is 42.5 Å². The first-order chi connectivity index (χ1) is 14.4. The van der Waals surface area contributed by atoms with Gasteiger partial charge in [0.2, 0.25) is 0 Å². The van der Waals surface area contributed by atoms with Gasteiger partial charge < -0.3 is 10.2 Å². The number of nitrogens with zero attached hydrogens (tertiary/aromatic N) is 2. The van der Waals surface area contributed by atoms with Crippen molar-refractivity contribution in [1.29, 1.82) is 0 Å². The molecule has 2 N–H and O–H groups in total. The number of thiocarbonyl (C=S) groups is 1. The lowest BCUT2D eigenvalue weighted by Crippen LogP contribution is -2.34. The number of nitrogens with one attached hydrogen (secondary N) is 2. The minimum atomic E-state index is -0.482. The van der Waals surface area contributed by atoms with Crippen LogP contribution < -0.4 is 15.5 Å². The first kappa shape index (κ1) is 21.7. The molecule has 1 amide bonds. The number of nitro benzene ring substituents is 1. The molecule has 7 nitrogen and oxygen atoms in total. The Labute approximate surface area is 181 Å². The molecule has 0 unspecified atom stereocenters. The predicted molar refractivity (Wildman–Crippen MR) is 123 cm³/mol. The standard InChI is InChI=1S/C22H26N4O3S/c1-3-15(2)17-8-4-5-9-18(17)23-22(30)24-21(27)16-10-11-19(20(14-16)26(28)29)25-12-6-7-13-25/h4-5,8-11,14-15H,3,6-7,12-13H2,1-2H3,(H2,23,24,27,30)/t15-/m0/s1. The van der Waals surface area contributed by atoms with E-state index in [-0.39, 0.29) is 16.4 Å². The van der Waals surface area contributed by atoms with Crippen LogP contribution in [0.1, 0.15) is 54.9 Å². The Morgan fingerprint density at radius 2 is 1.93 bits per heavy atom. The maximum Gasteiger partial charge on any atom is 0.293 e. The maximum atomic E-state index is 12.7. The summed E-state index contributed by atoms with van der Waals surface area (Å²) >= 11 is 5.31. The fourth-order valence-corrected chi connectivity index (χ4v) is 3.83. The first-order valence-corrected chi connectivity index (χ1v) is 10.6. The number of nitro groups is 1. The number of benzene rings is 2. The van der Waals surface area contributed by atoms with Crippen LogP contribution in [0.5, 0.6) is 0 Å². The molecular weight excluding hydrogens is 400 g/mol. The zero-order valence-electron chi connectivity index (χ0n) is 17.2. The lowest BCUT2D eigenvalue weighted by atomic mass is 9.97. The predicted octanol–water partition coefficient (Wildman–Crippen LogP) is 4.84. The van der Waals surface area contributed by atoms with Crippen molar-refractivity contribution in [2.75, 3.05) is 23.3 Å². The van der Waals surface area contributed by atoms with Gasteiger partial charge in [-0.1, -0.05) is 32.0 Å². The molecule has 30 heavy (non-hydrogen) atoms. The van der Waals surface area contributed by atoms with Crippen molar-refractivity contribution in [2.24, 2.45) is 0 Å². The lowest BCUT2D eigenvalue weighted by molar-refractivity contribution is -0.384. The highest BCUT2D eigenvalue weighted by atomic mass is 32.1. The van der Waals surface area contributed by atoms with Crippen molar-refractivity contribution in [3.63, 3.8) is 0 Å². The molecule has 0 aliphatic carbocycles. The van der Waals surface area contributed by atoms with Crippen LogP contribution in [0.4, 0.5) is 17.1 Å². The molecule has 0 aromatic heterocycles. The van der Waals surface area contributed by atoms with Crippen LogP contribution in [-0.4, -0.2) is 29.0 Å². The van der Waals surface area contributed by atoms with Gasteiger partial charge in [0, 0.05) is 30.4 Å². The van der Waals surface area contributed by atoms with E-state index >= 15 is 0 Å². The van der Waals surface area contributed by atoms with E-state index in [0.29, 0.717) is 11.6 Å². The highest BCUT2D eigenvalue weighted by Crippen LogP contribution is 2.31. The number of anilines is 2. The Kier molecular flexibility index (Phi) is 6.99. The van der Waals surface area contributed by atoms with Crippen molar-refractivity contribution in [3.05, 3.63) is 63.7 Å². The molecular formula is C22H26N4O3S. The van der Waals surface area contributed by atoms with Crippen LogP contribution >= 0.6 is 12.2 Å². The molecule has 2 aromatic rings. The number of rotatable bonds is 6. The summed E-state index contributed by atoms with van der Waals surface area (Å²) in [6, 6.07) is 12.4. The molecule has 1 heterocycles. The second-order valence-corrected chi connectivity index (χ2v) is 7.87. The quantitative estimate of drug-likeness (QED) is 0.391. The van der Waals surface area contributed by atoms with Gasteiger partial charge in [-0.25, -0.2) is 0 Å². The SMILES string of the molecule is CC[C@H](C)c1ccccc1NC(=S)NC(=O)c1ccc(N2CCCC2)c([N+](=O)[O-])c1. The van der Waals surface area contributed by atoms with Crippen molar-refractivity contribution in [1.82, 2.24) is 5.32 Å². The summed E-state index contributed by atoms with van der Waals surface area (Å²) in [6.07, 6.45) is 3.00. The lowest BCUT2D eigenvalue weighted by Gasteiger charge is -2.18. The van der Waals surface area contributed by atoms with Gasteiger partial charge in [-0.15, -0.1) is 0 Å². The van der Waals surface area contributed by atoms with Gasteiger partial charge in [-0.2, -0.15) is 0 Å². The number of hydrogen-bond donors (Lipinski definition) is 2. The van der Waals surface area contributed by atoms with Crippen LogP contribution in [-0.2, 0) is 0 Å². The van der Waals surface area contributed by atoms with Gasteiger partial charge in [0.25, 0.3) is 11.6 Å². The van der Waals surface area contributed by atoms with Crippen LogP contribution in [0.2, 0.25) is 0 Å². The van der Waals surface area contributed by atoms with E-state index in [1.807, 2.05) is 29.2 Å². The zero-order valence-corrected chi connectivity index (χ0v) is 18.0. The third-order valence-corrected chi connectivity index (χ3v) is 5.66. The van der Waals surface area contributed by atoms with E-state index in [1.165, 1.54) is 6.07 Å². The van der Waals surface area contributed by atoms with Gasteiger partial charge in [-0.3, -0.25) is 20.2 Å². The fourth-order valence-electron chi connectivity index (χ4n) is 3.63. The molecule has 0 bridgehead atoms. The van der Waals surface area contributed by atoms with E-state index in [0.717, 1.165) is 43.6 Å². The van der Waals surface area contributed by atoms with Gasteiger partial charge >= 0.3 is 0 Å².